The van der Waals surface area contributed by atoms with E-state index < -0.39 is 5.91 Å². The summed E-state index contributed by atoms with van der Waals surface area (Å²) in [7, 11) is 0. The standard InChI is InChI=1S/C23H24FN5O3/c1-13(21(25)30)11-14(2)27-20-12-19(22(26)31)28-23(29-20)15-3-7-17(8-4-15)32-18-9-5-16(24)6-10-18/h3-10,12-14H,11H2,1-2H3,(H2,25,30)(H2,26,31)(H,27,28,29). The molecular formula is C23H24FN5O3. The molecule has 0 aliphatic heterocycles. The highest BCUT2D eigenvalue weighted by molar-refractivity contribution is 5.92. The van der Waals surface area contributed by atoms with Crippen LogP contribution in [0.15, 0.2) is 54.6 Å². The van der Waals surface area contributed by atoms with Crippen LogP contribution in [0, 0.1) is 11.7 Å². The van der Waals surface area contributed by atoms with Gasteiger partial charge >= 0.3 is 0 Å². The molecule has 32 heavy (non-hydrogen) atoms. The van der Waals surface area contributed by atoms with Crippen LogP contribution >= 0.6 is 0 Å². The Labute approximate surface area is 184 Å². The lowest BCUT2D eigenvalue weighted by molar-refractivity contribution is -0.121. The van der Waals surface area contributed by atoms with Crippen molar-refractivity contribution in [1.82, 2.24) is 9.97 Å². The number of halogens is 1. The first kappa shape index (κ1) is 22.7. The summed E-state index contributed by atoms with van der Waals surface area (Å²) in [5.41, 5.74) is 11.5. The summed E-state index contributed by atoms with van der Waals surface area (Å²) in [4.78, 5) is 31.8. The van der Waals surface area contributed by atoms with Crippen molar-refractivity contribution < 1.29 is 18.7 Å². The number of primary amides is 2. The number of carbonyl (C=O) groups is 2. The van der Waals surface area contributed by atoms with E-state index in [1.807, 2.05) is 6.92 Å². The van der Waals surface area contributed by atoms with Crippen molar-refractivity contribution in [2.45, 2.75) is 26.3 Å². The van der Waals surface area contributed by atoms with Crippen LogP contribution in [0.1, 0.15) is 30.8 Å². The van der Waals surface area contributed by atoms with Crippen LogP contribution in [-0.4, -0.2) is 27.8 Å². The van der Waals surface area contributed by atoms with Gasteiger partial charge in [0.25, 0.3) is 5.91 Å². The SMILES string of the molecule is CC(CC(C)C(N)=O)Nc1cc(C(N)=O)nc(-c2ccc(Oc3ccc(F)cc3)cc2)n1. The number of hydrogen-bond acceptors (Lipinski definition) is 6. The van der Waals surface area contributed by atoms with Crippen LogP contribution in [0.3, 0.4) is 0 Å². The number of nitrogens with one attached hydrogen (secondary N) is 1. The van der Waals surface area contributed by atoms with E-state index in [0.717, 1.165) is 0 Å². The molecule has 3 aromatic rings. The highest BCUT2D eigenvalue weighted by Gasteiger charge is 2.16. The fourth-order valence-corrected chi connectivity index (χ4v) is 3.05. The average molecular weight is 437 g/mol. The molecule has 5 N–H and O–H groups in total. The predicted molar refractivity (Wildman–Crippen MR) is 119 cm³/mol. The van der Waals surface area contributed by atoms with Crippen molar-refractivity contribution in [2.75, 3.05) is 5.32 Å². The maximum absolute atomic E-state index is 13.0. The number of amides is 2. The Morgan fingerprint density at radius 2 is 1.59 bits per heavy atom. The van der Waals surface area contributed by atoms with Crippen molar-refractivity contribution in [3.05, 3.63) is 66.1 Å². The lowest BCUT2D eigenvalue weighted by Gasteiger charge is -2.18. The molecule has 0 fully saturated rings. The van der Waals surface area contributed by atoms with Crippen molar-refractivity contribution in [1.29, 1.82) is 0 Å². The second kappa shape index (κ2) is 9.86. The summed E-state index contributed by atoms with van der Waals surface area (Å²) in [5, 5.41) is 3.16. The Morgan fingerprint density at radius 3 is 2.16 bits per heavy atom. The molecule has 0 spiro atoms. The first-order valence-electron chi connectivity index (χ1n) is 10.00. The van der Waals surface area contributed by atoms with Gasteiger partial charge in [-0.3, -0.25) is 9.59 Å². The van der Waals surface area contributed by atoms with E-state index in [4.69, 9.17) is 16.2 Å². The van der Waals surface area contributed by atoms with Gasteiger partial charge in [-0.05, 0) is 61.9 Å². The van der Waals surface area contributed by atoms with Gasteiger partial charge in [-0.1, -0.05) is 6.92 Å². The highest BCUT2D eigenvalue weighted by atomic mass is 19.1. The van der Waals surface area contributed by atoms with Gasteiger partial charge in [0.2, 0.25) is 5.91 Å². The minimum absolute atomic E-state index is 0.0549. The fraction of sp³-hybridized carbons (Fsp3) is 0.217. The summed E-state index contributed by atoms with van der Waals surface area (Å²) >= 11 is 0. The Morgan fingerprint density at radius 1 is 1.00 bits per heavy atom. The van der Waals surface area contributed by atoms with Crippen LogP contribution in [0.25, 0.3) is 11.4 Å². The maximum atomic E-state index is 13.0. The summed E-state index contributed by atoms with van der Waals surface area (Å²) in [5.74, 6) is 0.00138. The van der Waals surface area contributed by atoms with Gasteiger partial charge in [-0.15, -0.1) is 0 Å². The van der Waals surface area contributed by atoms with E-state index >= 15 is 0 Å². The zero-order valence-corrected chi connectivity index (χ0v) is 17.7. The zero-order chi connectivity index (χ0) is 23.3. The molecule has 0 radical (unpaired) electrons. The monoisotopic (exact) mass is 437 g/mol. The van der Waals surface area contributed by atoms with Crippen LogP contribution < -0.4 is 21.5 Å². The lowest BCUT2D eigenvalue weighted by atomic mass is 10.0. The second-order valence-corrected chi connectivity index (χ2v) is 7.49. The molecule has 2 amide bonds. The minimum Gasteiger partial charge on any atom is -0.457 e. The maximum Gasteiger partial charge on any atom is 0.267 e. The predicted octanol–water partition coefficient (Wildman–Crippen LogP) is 3.49. The molecule has 0 saturated heterocycles. The normalized spacial score (nSPS) is 12.6. The molecule has 2 aromatic carbocycles. The zero-order valence-electron chi connectivity index (χ0n) is 17.7. The quantitative estimate of drug-likeness (QED) is 0.469. The number of aromatic nitrogens is 2. The van der Waals surface area contributed by atoms with E-state index in [2.05, 4.69) is 15.3 Å². The third-order valence-corrected chi connectivity index (χ3v) is 4.73. The largest absolute Gasteiger partial charge is 0.457 e. The average Bonchev–Trinajstić information content (AvgIpc) is 2.75. The summed E-state index contributed by atoms with van der Waals surface area (Å²) in [6.07, 6.45) is 0.496. The van der Waals surface area contributed by atoms with Crippen molar-refractivity contribution in [3.63, 3.8) is 0 Å². The number of nitrogens with two attached hydrogens (primary N) is 2. The van der Waals surface area contributed by atoms with Gasteiger partial charge in [-0.2, -0.15) is 0 Å². The van der Waals surface area contributed by atoms with Gasteiger partial charge in [-0.25, -0.2) is 14.4 Å². The molecule has 9 heteroatoms. The van der Waals surface area contributed by atoms with Gasteiger partial charge in [0, 0.05) is 23.6 Å². The summed E-state index contributed by atoms with van der Waals surface area (Å²) in [6, 6.07) is 13.9. The van der Waals surface area contributed by atoms with Crippen LogP contribution in [0.4, 0.5) is 10.2 Å². The molecule has 2 unspecified atom stereocenters. The van der Waals surface area contributed by atoms with E-state index in [0.29, 0.717) is 35.1 Å². The number of carbonyl (C=O) groups excluding carboxylic acids is 2. The fourth-order valence-electron chi connectivity index (χ4n) is 3.05. The molecule has 1 aromatic heterocycles. The lowest BCUT2D eigenvalue weighted by Crippen LogP contribution is -2.27. The van der Waals surface area contributed by atoms with E-state index in [1.165, 1.54) is 30.3 Å². The molecule has 166 valence electrons. The number of anilines is 1. The summed E-state index contributed by atoms with van der Waals surface area (Å²) < 4.78 is 18.7. The van der Waals surface area contributed by atoms with E-state index in [-0.39, 0.29) is 29.4 Å². The van der Waals surface area contributed by atoms with E-state index in [9.17, 15) is 14.0 Å². The topological polar surface area (TPSA) is 133 Å². The highest BCUT2D eigenvalue weighted by Crippen LogP contribution is 2.25. The Bertz CT molecular complexity index is 1100. The Balaban J connectivity index is 1.80. The Kier molecular flexibility index (Phi) is 6.99. The van der Waals surface area contributed by atoms with E-state index in [1.54, 1.807) is 31.2 Å². The van der Waals surface area contributed by atoms with Gasteiger partial charge < -0.3 is 21.5 Å². The number of benzene rings is 2. The first-order valence-corrected chi connectivity index (χ1v) is 10.00. The third kappa shape index (κ3) is 6.00. The van der Waals surface area contributed by atoms with Crippen molar-refractivity contribution in [3.8, 4) is 22.9 Å². The molecule has 0 aliphatic carbocycles. The molecule has 8 nitrogen and oxygen atoms in total. The summed E-state index contributed by atoms with van der Waals surface area (Å²) in [6.45, 7) is 3.63. The van der Waals surface area contributed by atoms with Gasteiger partial charge in [0.15, 0.2) is 5.82 Å². The van der Waals surface area contributed by atoms with Crippen molar-refractivity contribution in [2.24, 2.45) is 17.4 Å². The second-order valence-electron chi connectivity index (χ2n) is 7.49. The van der Waals surface area contributed by atoms with Crippen LogP contribution in [0.2, 0.25) is 0 Å². The minimum atomic E-state index is -0.689. The molecule has 0 bridgehead atoms. The molecule has 1 heterocycles. The first-order chi connectivity index (χ1) is 15.2. The number of nitrogens with zero attached hydrogens (tertiary/aromatic N) is 2. The molecule has 2 atom stereocenters. The third-order valence-electron chi connectivity index (χ3n) is 4.73. The smallest absolute Gasteiger partial charge is 0.267 e. The van der Waals surface area contributed by atoms with Crippen LogP contribution in [-0.2, 0) is 4.79 Å². The van der Waals surface area contributed by atoms with Crippen molar-refractivity contribution >= 4 is 17.6 Å². The number of hydrogen-bond donors (Lipinski definition) is 3. The van der Waals surface area contributed by atoms with Gasteiger partial charge in [0.05, 0.1) is 0 Å². The number of rotatable bonds is 9. The molecular weight excluding hydrogens is 413 g/mol. The molecule has 0 saturated carbocycles. The number of ether oxygens (including phenoxy) is 1. The van der Waals surface area contributed by atoms with Crippen LogP contribution in [0.5, 0.6) is 11.5 Å². The molecule has 0 aliphatic rings. The van der Waals surface area contributed by atoms with Gasteiger partial charge in [0.1, 0.15) is 28.8 Å². The molecule has 3 rings (SSSR count). The Hall–Kier alpha value is -4.01.